The summed E-state index contributed by atoms with van der Waals surface area (Å²) in [7, 11) is 1.35. The highest BCUT2D eigenvalue weighted by Gasteiger charge is 2.11. The molecule has 0 heterocycles. The molecule has 0 atom stereocenters. The number of esters is 1. The largest absolute Gasteiger partial charge is 0.469 e. The van der Waals surface area contributed by atoms with Gasteiger partial charge in [-0.25, -0.2) is 0 Å². The lowest BCUT2D eigenvalue weighted by Crippen LogP contribution is -2.06. The van der Waals surface area contributed by atoms with Gasteiger partial charge in [0.1, 0.15) is 0 Å². The standard InChI is InChI=1S/C9H7Cl2IO2/c1-14-9(13)4-6-7(11)2-5(10)3-8(6)12/h2-3H,4H2,1H3. The van der Waals surface area contributed by atoms with Crippen molar-refractivity contribution >= 4 is 51.8 Å². The summed E-state index contributed by atoms with van der Waals surface area (Å²) in [6.45, 7) is 0. The minimum absolute atomic E-state index is 0.171. The van der Waals surface area contributed by atoms with E-state index in [2.05, 4.69) is 27.3 Å². The van der Waals surface area contributed by atoms with E-state index in [0.29, 0.717) is 10.0 Å². The summed E-state index contributed by atoms with van der Waals surface area (Å²) in [6.07, 6.45) is 0.171. The van der Waals surface area contributed by atoms with E-state index in [4.69, 9.17) is 23.2 Å². The lowest BCUT2D eigenvalue weighted by molar-refractivity contribution is -0.139. The zero-order valence-corrected chi connectivity index (χ0v) is 11.0. The molecular weight excluding hydrogens is 338 g/mol. The van der Waals surface area contributed by atoms with Crippen molar-refractivity contribution in [2.45, 2.75) is 6.42 Å². The van der Waals surface area contributed by atoms with Crippen molar-refractivity contribution in [3.05, 3.63) is 31.3 Å². The van der Waals surface area contributed by atoms with Gasteiger partial charge < -0.3 is 4.74 Å². The van der Waals surface area contributed by atoms with Gasteiger partial charge in [0.05, 0.1) is 13.5 Å². The molecule has 1 rings (SSSR count). The molecule has 0 amide bonds. The second-order valence-corrected chi connectivity index (χ2v) is 4.61. The molecule has 0 N–H and O–H groups in total. The third-order valence-electron chi connectivity index (χ3n) is 1.65. The van der Waals surface area contributed by atoms with Crippen molar-refractivity contribution in [2.75, 3.05) is 7.11 Å². The number of carbonyl (C=O) groups excluding carboxylic acids is 1. The summed E-state index contributed by atoms with van der Waals surface area (Å²) in [4.78, 5) is 11.1. The Morgan fingerprint density at radius 3 is 2.64 bits per heavy atom. The number of benzene rings is 1. The van der Waals surface area contributed by atoms with Crippen LogP contribution in [0.1, 0.15) is 5.56 Å². The summed E-state index contributed by atoms with van der Waals surface area (Å²) >= 11 is 13.8. The minimum Gasteiger partial charge on any atom is -0.469 e. The first kappa shape index (κ1) is 12.1. The monoisotopic (exact) mass is 344 g/mol. The van der Waals surface area contributed by atoms with Crippen LogP contribution < -0.4 is 0 Å². The highest BCUT2D eigenvalue weighted by Crippen LogP contribution is 2.27. The van der Waals surface area contributed by atoms with Crippen LogP contribution in [0, 0.1) is 3.57 Å². The number of methoxy groups -OCH3 is 1. The van der Waals surface area contributed by atoms with Crippen LogP contribution in [0.2, 0.25) is 10.0 Å². The molecule has 0 radical (unpaired) electrons. The first-order valence-corrected chi connectivity index (χ1v) is 5.58. The molecule has 0 aliphatic rings. The lowest BCUT2D eigenvalue weighted by Gasteiger charge is -2.06. The maximum Gasteiger partial charge on any atom is 0.310 e. The van der Waals surface area contributed by atoms with Crippen LogP contribution in [0.5, 0.6) is 0 Å². The normalized spacial score (nSPS) is 10.0. The van der Waals surface area contributed by atoms with Crippen molar-refractivity contribution in [3.63, 3.8) is 0 Å². The summed E-state index contributed by atoms with van der Waals surface area (Å²) in [5.74, 6) is -0.313. The van der Waals surface area contributed by atoms with Crippen molar-refractivity contribution in [1.82, 2.24) is 0 Å². The van der Waals surface area contributed by atoms with E-state index < -0.39 is 0 Å². The first-order valence-electron chi connectivity index (χ1n) is 3.75. The molecule has 0 spiro atoms. The lowest BCUT2D eigenvalue weighted by atomic mass is 10.1. The third kappa shape index (κ3) is 3.00. The molecule has 0 aliphatic carbocycles. The van der Waals surface area contributed by atoms with E-state index in [0.717, 1.165) is 9.13 Å². The zero-order valence-electron chi connectivity index (χ0n) is 7.31. The topological polar surface area (TPSA) is 26.3 Å². The van der Waals surface area contributed by atoms with Gasteiger partial charge in [-0.2, -0.15) is 0 Å². The number of carbonyl (C=O) groups is 1. The first-order chi connectivity index (χ1) is 6.54. The molecule has 5 heteroatoms. The fraction of sp³-hybridized carbons (Fsp3) is 0.222. The van der Waals surface area contributed by atoms with Gasteiger partial charge in [-0.3, -0.25) is 4.79 Å². The van der Waals surface area contributed by atoms with Crippen molar-refractivity contribution in [1.29, 1.82) is 0 Å². The highest BCUT2D eigenvalue weighted by molar-refractivity contribution is 14.1. The van der Waals surface area contributed by atoms with Crippen LogP contribution in [0.25, 0.3) is 0 Å². The number of rotatable bonds is 2. The smallest absolute Gasteiger partial charge is 0.310 e. The Hall–Kier alpha value is -0.000000000000000111. The van der Waals surface area contributed by atoms with Gasteiger partial charge in [-0.05, 0) is 40.3 Å². The quantitative estimate of drug-likeness (QED) is 0.607. The van der Waals surface area contributed by atoms with Gasteiger partial charge in [0, 0.05) is 13.6 Å². The fourth-order valence-electron chi connectivity index (χ4n) is 0.957. The molecule has 76 valence electrons. The van der Waals surface area contributed by atoms with Crippen LogP contribution in [-0.2, 0) is 16.0 Å². The molecule has 1 aromatic rings. The molecule has 0 aliphatic heterocycles. The molecule has 0 saturated carbocycles. The highest BCUT2D eigenvalue weighted by atomic mass is 127. The molecule has 1 aromatic carbocycles. The zero-order chi connectivity index (χ0) is 10.7. The van der Waals surface area contributed by atoms with Crippen molar-refractivity contribution < 1.29 is 9.53 Å². The summed E-state index contributed by atoms with van der Waals surface area (Å²) < 4.78 is 5.43. The van der Waals surface area contributed by atoms with E-state index in [1.165, 1.54) is 7.11 Å². The average molecular weight is 345 g/mol. The van der Waals surface area contributed by atoms with Crippen molar-refractivity contribution in [2.24, 2.45) is 0 Å². The number of ether oxygens (including phenoxy) is 1. The second-order valence-electron chi connectivity index (χ2n) is 2.60. The Morgan fingerprint density at radius 1 is 1.50 bits per heavy atom. The third-order valence-corrected chi connectivity index (χ3v) is 3.17. The van der Waals surface area contributed by atoms with E-state index in [1.54, 1.807) is 12.1 Å². The van der Waals surface area contributed by atoms with E-state index in [-0.39, 0.29) is 12.4 Å². The van der Waals surface area contributed by atoms with Crippen LogP contribution in [0.15, 0.2) is 12.1 Å². The average Bonchev–Trinajstić information content (AvgIpc) is 2.10. The Bertz CT molecular complexity index is 343. The van der Waals surface area contributed by atoms with Gasteiger partial charge in [0.25, 0.3) is 0 Å². The van der Waals surface area contributed by atoms with E-state index in [9.17, 15) is 4.79 Å². The maximum absolute atomic E-state index is 11.1. The van der Waals surface area contributed by atoms with Gasteiger partial charge in [-0.1, -0.05) is 23.2 Å². The predicted octanol–water partition coefficient (Wildman–Crippen LogP) is 3.31. The van der Waals surface area contributed by atoms with E-state index >= 15 is 0 Å². The molecule has 0 bridgehead atoms. The summed E-state index contributed by atoms with van der Waals surface area (Å²) in [5, 5.41) is 1.06. The molecule has 2 nitrogen and oxygen atoms in total. The van der Waals surface area contributed by atoms with Crippen LogP contribution in [-0.4, -0.2) is 13.1 Å². The Balaban J connectivity index is 3.02. The molecule has 0 unspecified atom stereocenters. The number of halogens is 3. The predicted molar refractivity (Wildman–Crippen MR) is 64.9 cm³/mol. The van der Waals surface area contributed by atoms with Crippen LogP contribution in [0.3, 0.4) is 0 Å². The Morgan fingerprint density at radius 2 is 2.14 bits per heavy atom. The second kappa shape index (κ2) is 5.19. The molecular formula is C9H7Cl2IO2. The van der Waals surface area contributed by atoms with Crippen LogP contribution in [0.4, 0.5) is 0 Å². The number of hydrogen-bond acceptors (Lipinski definition) is 2. The van der Waals surface area contributed by atoms with Gasteiger partial charge >= 0.3 is 5.97 Å². The number of hydrogen-bond donors (Lipinski definition) is 0. The molecule has 0 saturated heterocycles. The fourth-order valence-corrected chi connectivity index (χ4v) is 2.68. The van der Waals surface area contributed by atoms with E-state index in [1.807, 2.05) is 0 Å². The maximum atomic E-state index is 11.1. The Kier molecular flexibility index (Phi) is 4.47. The SMILES string of the molecule is COC(=O)Cc1c(Cl)cc(Cl)cc1I. The Labute approximate surface area is 106 Å². The summed E-state index contributed by atoms with van der Waals surface area (Å²) in [6, 6.07) is 3.37. The van der Waals surface area contributed by atoms with Gasteiger partial charge in [-0.15, -0.1) is 0 Å². The van der Waals surface area contributed by atoms with Crippen LogP contribution >= 0.6 is 45.8 Å². The molecule has 0 fully saturated rings. The van der Waals surface area contributed by atoms with Crippen molar-refractivity contribution in [3.8, 4) is 0 Å². The minimum atomic E-state index is -0.313. The van der Waals surface area contributed by atoms with Gasteiger partial charge in [0.15, 0.2) is 0 Å². The summed E-state index contributed by atoms with van der Waals surface area (Å²) in [5.41, 5.74) is 0.753. The molecule has 14 heavy (non-hydrogen) atoms. The van der Waals surface area contributed by atoms with Gasteiger partial charge in [0.2, 0.25) is 0 Å². The molecule has 0 aromatic heterocycles.